The van der Waals surface area contributed by atoms with E-state index in [2.05, 4.69) is 10.4 Å². The lowest BCUT2D eigenvalue weighted by Crippen LogP contribution is -2.29. The van der Waals surface area contributed by atoms with Crippen molar-refractivity contribution in [1.82, 2.24) is 15.1 Å². The van der Waals surface area contributed by atoms with Crippen LogP contribution < -0.4 is 15.6 Å². The van der Waals surface area contributed by atoms with Gasteiger partial charge in [-0.15, -0.1) is 0 Å². The van der Waals surface area contributed by atoms with Gasteiger partial charge in [-0.3, -0.25) is 9.59 Å². The first-order valence-electron chi connectivity index (χ1n) is 8.54. The Hall–Kier alpha value is -3.19. The lowest BCUT2D eigenvalue weighted by atomic mass is 10.1. The third kappa shape index (κ3) is 3.98. The highest BCUT2D eigenvalue weighted by molar-refractivity contribution is 5.97. The second kappa shape index (κ2) is 8.46. The number of amides is 1. The fourth-order valence-electron chi connectivity index (χ4n) is 2.86. The summed E-state index contributed by atoms with van der Waals surface area (Å²) in [4.78, 5) is 25.1. The summed E-state index contributed by atoms with van der Waals surface area (Å²) in [5.74, 6) is 0.228. The summed E-state index contributed by atoms with van der Waals surface area (Å²) in [6.07, 6.45) is 0. The highest BCUT2D eigenvalue weighted by Gasteiger charge is 2.14. The maximum Gasteiger partial charge on any atom is 0.274 e. The maximum atomic E-state index is 12.6. The van der Waals surface area contributed by atoms with Gasteiger partial charge in [-0.05, 0) is 18.2 Å². The third-order valence-electron chi connectivity index (χ3n) is 4.22. The summed E-state index contributed by atoms with van der Waals surface area (Å²) in [5.41, 5.74) is 0.879. The molecule has 27 heavy (non-hydrogen) atoms. The minimum absolute atomic E-state index is 0.178. The zero-order valence-corrected chi connectivity index (χ0v) is 15.3. The molecule has 0 aliphatic rings. The van der Waals surface area contributed by atoms with E-state index in [-0.39, 0.29) is 18.0 Å². The van der Waals surface area contributed by atoms with Crippen LogP contribution in [0.2, 0.25) is 0 Å². The number of fused-ring (bicyclic) bond motifs is 1. The molecule has 7 heteroatoms. The smallest absolute Gasteiger partial charge is 0.274 e. The van der Waals surface area contributed by atoms with Gasteiger partial charge in [0, 0.05) is 12.5 Å². The topological polar surface area (TPSA) is 82.4 Å². The zero-order valence-electron chi connectivity index (χ0n) is 15.3. The molecule has 0 saturated carbocycles. The number of aromatic nitrogens is 2. The molecule has 1 heterocycles. The number of nitrogens with zero attached hydrogens (tertiary/aromatic N) is 2. The van der Waals surface area contributed by atoms with Crippen molar-refractivity contribution >= 4 is 16.7 Å². The lowest BCUT2D eigenvalue weighted by molar-refractivity contribution is 0.0947. The molecular formula is C20H21N3O4. The van der Waals surface area contributed by atoms with Crippen molar-refractivity contribution in [3.05, 3.63) is 70.1 Å². The summed E-state index contributed by atoms with van der Waals surface area (Å²) >= 11 is 0. The SMILES string of the molecule is COCCn1nc(CNC(=O)c2ccccc2OC)c2ccccc2c1=O. The van der Waals surface area contributed by atoms with E-state index in [0.29, 0.717) is 35.5 Å². The largest absolute Gasteiger partial charge is 0.496 e. The minimum Gasteiger partial charge on any atom is -0.496 e. The lowest BCUT2D eigenvalue weighted by Gasteiger charge is -2.12. The molecule has 0 atom stereocenters. The van der Waals surface area contributed by atoms with Gasteiger partial charge in [0.05, 0.1) is 43.4 Å². The Morgan fingerprint density at radius 1 is 1.07 bits per heavy atom. The van der Waals surface area contributed by atoms with Crippen LogP contribution in [-0.2, 0) is 17.8 Å². The quantitative estimate of drug-likeness (QED) is 0.690. The molecule has 7 nitrogen and oxygen atoms in total. The van der Waals surface area contributed by atoms with Crippen LogP contribution in [-0.4, -0.2) is 36.5 Å². The fourth-order valence-corrected chi connectivity index (χ4v) is 2.86. The molecule has 0 bridgehead atoms. The minimum atomic E-state index is -0.270. The number of rotatable bonds is 7. The average Bonchev–Trinajstić information content (AvgIpc) is 2.72. The van der Waals surface area contributed by atoms with Crippen LogP contribution in [0, 0.1) is 0 Å². The van der Waals surface area contributed by atoms with Crippen molar-refractivity contribution in [3.8, 4) is 5.75 Å². The number of hydrogen-bond donors (Lipinski definition) is 1. The predicted molar refractivity (Wildman–Crippen MR) is 102 cm³/mol. The van der Waals surface area contributed by atoms with E-state index in [4.69, 9.17) is 9.47 Å². The van der Waals surface area contributed by atoms with Crippen LogP contribution in [0.4, 0.5) is 0 Å². The van der Waals surface area contributed by atoms with Crippen molar-refractivity contribution < 1.29 is 14.3 Å². The number of methoxy groups -OCH3 is 2. The molecule has 0 aliphatic heterocycles. The molecule has 140 valence electrons. The number of ether oxygens (including phenoxy) is 2. The molecule has 0 saturated heterocycles. The van der Waals surface area contributed by atoms with E-state index in [1.165, 1.54) is 11.8 Å². The molecule has 3 rings (SSSR count). The average molecular weight is 367 g/mol. The number of nitrogens with one attached hydrogen (secondary N) is 1. The summed E-state index contributed by atoms with van der Waals surface area (Å²) in [6.45, 7) is 0.899. The number of carbonyl (C=O) groups is 1. The van der Waals surface area contributed by atoms with Crippen LogP contribution in [0.1, 0.15) is 16.1 Å². The Morgan fingerprint density at radius 3 is 2.52 bits per heavy atom. The summed E-state index contributed by atoms with van der Waals surface area (Å²) in [5, 5.41) is 8.56. The van der Waals surface area contributed by atoms with Gasteiger partial charge in [-0.25, -0.2) is 4.68 Å². The Kier molecular flexibility index (Phi) is 5.83. The van der Waals surface area contributed by atoms with E-state index < -0.39 is 0 Å². The van der Waals surface area contributed by atoms with Gasteiger partial charge in [-0.1, -0.05) is 30.3 Å². The molecular weight excluding hydrogens is 346 g/mol. The number of para-hydroxylation sites is 1. The third-order valence-corrected chi connectivity index (χ3v) is 4.22. The molecule has 1 amide bonds. The van der Waals surface area contributed by atoms with Crippen LogP contribution in [0.5, 0.6) is 5.75 Å². The monoisotopic (exact) mass is 367 g/mol. The highest BCUT2D eigenvalue weighted by Crippen LogP contribution is 2.18. The molecule has 0 unspecified atom stereocenters. The Bertz CT molecular complexity index is 1010. The molecule has 0 fully saturated rings. The van der Waals surface area contributed by atoms with Crippen molar-refractivity contribution in [2.24, 2.45) is 0 Å². The highest BCUT2D eigenvalue weighted by atomic mass is 16.5. The van der Waals surface area contributed by atoms with Gasteiger partial charge in [0.1, 0.15) is 5.75 Å². The summed E-state index contributed by atoms with van der Waals surface area (Å²) < 4.78 is 11.7. The molecule has 1 N–H and O–H groups in total. The molecule has 0 spiro atoms. The molecule has 2 aromatic carbocycles. The second-order valence-electron chi connectivity index (χ2n) is 5.90. The van der Waals surface area contributed by atoms with Gasteiger partial charge in [0.2, 0.25) is 0 Å². The molecule has 1 aromatic heterocycles. The van der Waals surface area contributed by atoms with Crippen LogP contribution >= 0.6 is 0 Å². The first kappa shape index (κ1) is 18.6. The van der Waals surface area contributed by atoms with E-state index in [1.807, 2.05) is 18.2 Å². The maximum absolute atomic E-state index is 12.6. The number of benzene rings is 2. The van der Waals surface area contributed by atoms with E-state index in [9.17, 15) is 9.59 Å². The standard InChI is InChI=1S/C20H21N3O4/c1-26-12-11-23-20(25)15-8-4-3-7-14(15)17(22-23)13-21-19(24)16-9-5-6-10-18(16)27-2/h3-10H,11-13H2,1-2H3,(H,21,24). The Morgan fingerprint density at radius 2 is 1.78 bits per heavy atom. The first-order valence-corrected chi connectivity index (χ1v) is 8.54. The van der Waals surface area contributed by atoms with Crippen molar-refractivity contribution in [3.63, 3.8) is 0 Å². The normalized spacial score (nSPS) is 10.7. The van der Waals surface area contributed by atoms with Crippen LogP contribution in [0.15, 0.2) is 53.3 Å². The Labute approximate surface area is 156 Å². The zero-order chi connectivity index (χ0) is 19.2. The van der Waals surface area contributed by atoms with Gasteiger partial charge in [-0.2, -0.15) is 5.10 Å². The van der Waals surface area contributed by atoms with Crippen molar-refractivity contribution in [2.45, 2.75) is 13.1 Å². The van der Waals surface area contributed by atoms with E-state index >= 15 is 0 Å². The van der Waals surface area contributed by atoms with Crippen LogP contribution in [0.25, 0.3) is 10.8 Å². The Balaban J connectivity index is 1.91. The molecule has 0 radical (unpaired) electrons. The van der Waals surface area contributed by atoms with Crippen molar-refractivity contribution in [2.75, 3.05) is 20.8 Å². The van der Waals surface area contributed by atoms with Crippen LogP contribution in [0.3, 0.4) is 0 Å². The summed E-state index contributed by atoms with van der Waals surface area (Å²) in [6, 6.07) is 14.2. The van der Waals surface area contributed by atoms with Gasteiger partial charge < -0.3 is 14.8 Å². The summed E-state index contributed by atoms with van der Waals surface area (Å²) in [7, 11) is 3.09. The molecule has 3 aromatic rings. The predicted octanol–water partition coefficient (Wildman–Crippen LogP) is 1.98. The number of hydrogen-bond acceptors (Lipinski definition) is 5. The number of carbonyl (C=O) groups excluding carboxylic acids is 1. The van der Waals surface area contributed by atoms with Gasteiger partial charge >= 0.3 is 0 Å². The van der Waals surface area contributed by atoms with Gasteiger partial charge in [0.25, 0.3) is 11.5 Å². The van der Waals surface area contributed by atoms with E-state index in [0.717, 1.165) is 5.39 Å². The van der Waals surface area contributed by atoms with E-state index in [1.54, 1.807) is 37.4 Å². The van der Waals surface area contributed by atoms with Gasteiger partial charge in [0.15, 0.2) is 0 Å². The fraction of sp³-hybridized carbons (Fsp3) is 0.250. The first-order chi connectivity index (χ1) is 13.2. The second-order valence-corrected chi connectivity index (χ2v) is 5.90. The van der Waals surface area contributed by atoms with Crippen molar-refractivity contribution in [1.29, 1.82) is 0 Å². The molecule has 0 aliphatic carbocycles.